The number of rotatable bonds is 2. The third-order valence-electron chi connectivity index (χ3n) is 2.23. The van der Waals surface area contributed by atoms with Crippen LogP contribution in [-0.4, -0.2) is 23.9 Å². The molecule has 78 valence electrons. The normalized spacial score (nSPS) is 18.7. The molecule has 0 saturated heterocycles. The minimum atomic E-state index is -1.15. The molecule has 0 spiro atoms. The zero-order valence-corrected chi connectivity index (χ0v) is 7.81. The number of ether oxygens (including phenoxy) is 1. The van der Waals surface area contributed by atoms with Crippen LogP contribution >= 0.6 is 0 Å². The van der Waals surface area contributed by atoms with Crippen molar-refractivity contribution in [2.24, 2.45) is 0 Å². The first-order valence-corrected chi connectivity index (χ1v) is 4.49. The molecular formula is C11H9FO3. The van der Waals surface area contributed by atoms with Crippen LogP contribution in [0.5, 0.6) is 5.75 Å². The molecule has 1 aromatic rings. The van der Waals surface area contributed by atoms with Gasteiger partial charge in [0.15, 0.2) is 6.10 Å². The monoisotopic (exact) mass is 208 g/mol. The second-order valence-electron chi connectivity index (χ2n) is 3.20. The molecule has 1 unspecified atom stereocenters. The predicted octanol–water partition coefficient (Wildman–Crippen LogP) is 1.89. The van der Waals surface area contributed by atoms with E-state index in [4.69, 9.17) is 9.84 Å². The highest BCUT2D eigenvalue weighted by Gasteiger charge is 2.27. The quantitative estimate of drug-likeness (QED) is 0.807. The summed E-state index contributed by atoms with van der Waals surface area (Å²) in [6.45, 7) is -0.841. The molecule has 1 N–H and O–H groups in total. The van der Waals surface area contributed by atoms with Gasteiger partial charge in [-0.25, -0.2) is 9.18 Å². The summed E-state index contributed by atoms with van der Waals surface area (Å²) in [5.74, 6) is -0.627. The maximum Gasteiger partial charge on any atom is 0.335 e. The van der Waals surface area contributed by atoms with Gasteiger partial charge >= 0.3 is 5.97 Å². The largest absolute Gasteiger partial charge is 0.482 e. The lowest BCUT2D eigenvalue weighted by atomic mass is 10.0. The van der Waals surface area contributed by atoms with Gasteiger partial charge in [-0.1, -0.05) is 18.2 Å². The summed E-state index contributed by atoms with van der Waals surface area (Å²) >= 11 is 0. The van der Waals surface area contributed by atoms with Crippen LogP contribution in [0.4, 0.5) is 4.39 Å². The molecule has 0 radical (unpaired) electrons. The van der Waals surface area contributed by atoms with Gasteiger partial charge in [0.2, 0.25) is 0 Å². The fourth-order valence-corrected chi connectivity index (χ4v) is 1.50. The van der Waals surface area contributed by atoms with E-state index in [1.165, 1.54) is 6.08 Å². The standard InChI is InChI=1S/C11H9FO3/c12-6-10-8(11(13)14)5-7-3-1-2-4-9(7)15-10/h1-5,10H,6H2,(H,13,14). The van der Waals surface area contributed by atoms with Gasteiger partial charge in [-0.15, -0.1) is 0 Å². The Bertz CT molecular complexity index is 426. The number of alkyl halides is 1. The van der Waals surface area contributed by atoms with Crippen LogP contribution in [0.3, 0.4) is 0 Å². The van der Waals surface area contributed by atoms with Crippen LogP contribution < -0.4 is 4.74 Å². The molecular weight excluding hydrogens is 199 g/mol. The molecule has 1 heterocycles. The Morgan fingerprint density at radius 2 is 2.20 bits per heavy atom. The van der Waals surface area contributed by atoms with Crippen molar-refractivity contribution in [1.82, 2.24) is 0 Å². The average molecular weight is 208 g/mol. The molecule has 15 heavy (non-hydrogen) atoms. The van der Waals surface area contributed by atoms with Crippen LogP contribution in [0, 0.1) is 0 Å². The van der Waals surface area contributed by atoms with Gasteiger partial charge in [0.05, 0.1) is 5.57 Å². The van der Waals surface area contributed by atoms with E-state index in [1.807, 2.05) is 0 Å². The van der Waals surface area contributed by atoms with Gasteiger partial charge in [0.25, 0.3) is 0 Å². The Morgan fingerprint density at radius 3 is 2.87 bits per heavy atom. The Balaban J connectivity index is 2.46. The van der Waals surface area contributed by atoms with Crippen molar-refractivity contribution in [3.63, 3.8) is 0 Å². The van der Waals surface area contributed by atoms with Gasteiger partial charge in [-0.05, 0) is 12.1 Å². The van der Waals surface area contributed by atoms with E-state index in [0.29, 0.717) is 11.3 Å². The van der Waals surface area contributed by atoms with Crippen molar-refractivity contribution in [2.45, 2.75) is 6.10 Å². The Hall–Kier alpha value is -1.84. The van der Waals surface area contributed by atoms with Gasteiger partial charge in [0.1, 0.15) is 12.4 Å². The number of para-hydroxylation sites is 1. The van der Waals surface area contributed by atoms with E-state index >= 15 is 0 Å². The second-order valence-corrected chi connectivity index (χ2v) is 3.20. The Morgan fingerprint density at radius 1 is 1.47 bits per heavy atom. The van der Waals surface area contributed by atoms with E-state index in [1.54, 1.807) is 24.3 Å². The van der Waals surface area contributed by atoms with Crippen molar-refractivity contribution >= 4 is 12.0 Å². The molecule has 1 aliphatic heterocycles. The summed E-state index contributed by atoms with van der Waals surface area (Å²) < 4.78 is 17.8. The fourth-order valence-electron chi connectivity index (χ4n) is 1.50. The number of hydrogen-bond donors (Lipinski definition) is 1. The van der Waals surface area contributed by atoms with E-state index in [9.17, 15) is 9.18 Å². The SMILES string of the molecule is O=C(O)C1=Cc2ccccc2OC1CF. The van der Waals surface area contributed by atoms with Crippen molar-refractivity contribution in [3.05, 3.63) is 35.4 Å². The summed E-state index contributed by atoms with van der Waals surface area (Å²) in [6, 6.07) is 6.95. The van der Waals surface area contributed by atoms with Crippen molar-refractivity contribution in [3.8, 4) is 5.75 Å². The Kier molecular flexibility index (Phi) is 2.41. The first-order chi connectivity index (χ1) is 7.22. The van der Waals surface area contributed by atoms with Gasteiger partial charge in [-0.2, -0.15) is 0 Å². The van der Waals surface area contributed by atoms with E-state index < -0.39 is 18.7 Å². The third-order valence-corrected chi connectivity index (χ3v) is 2.23. The lowest BCUT2D eigenvalue weighted by Crippen LogP contribution is -2.28. The number of halogens is 1. The van der Waals surface area contributed by atoms with Crippen molar-refractivity contribution < 1.29 is 19.0 Å². The summed E-state index contributed by atoms with van der Waals surface area (Å²) in [6.07, 6.45) is 0.447. The molecule has 0 saturated carbocycles. The van der Waals surface area contributed by atoms with Crippen LogP contribution in [0.25, 0.3) is 6.08 Å². The first kappa shape index (κ1) is 9.71. The summed E-state index contributed by atoms with van der Waals surface area (Å²) in [5.41, 5.74) is 0.621. The van der Waals surface area contributed by atoms with E-state index in [-0.39, 0.29) is 5.57 Å². The summed E-state index contributed by atoms with van der Waals surface area (Å²) in [4.78, 5) is 10.8. The first-order valence-electron chi connectivity index (χ1n) is 4.49. The molecule has 0 bridgehead atoms. The molecule has 1 aromatic carbocycles. The predicted molar refractivity (Wildman–Crippen MR) is 52.4 cm³/mol. The molecule has 0 fully saturated rings. The van der Waals surface area contributed by atoms with E-state index in [2.05, 4.69) is 0 Å². The zero-order chi connectivity index (χ0) is 10.8. The third kappa shape index (κ3) is 1.70. The molecule has 0 aliphatic carbocycles. The molecule has 0 amide bonds. The van der Waals surface area contributed by atoms with E-state index in [0.717, 1.165) is 0 Å². The lowest BCUT2D eigenvalue weighted by Gasteiger charge is -2.22. The maximum atomic E-state index is 12.6. The Labute approximate surface area is 85.8 Å². The highest BCUT2D eigenvalue weighted by molar-refractivity contribution is 5.94. The number of carbonyl (C=O) groups is 1. The number of carboxylic acid groups (broad SMARTS) is 1. The van der Waals surface area contributed by atoms with Crippen LogP contribution in [0.2, 0.25) is 0 Å². The van der Waals surface area contributed by atoms with Gasteiger partial charge in [0, 0.05) is 5.56 Å². The molecule has 2 rings (SSSR count). The number of aliphatic carboxylic acids is 1. The molecule has 3 nitrogen and oxygen atoms in total. The summed E-state index contributed by atoms with van der Waals surface area (Å²) in [7, 11) is 0. The molecule has 1 atom stereocenters. The highest BCUT2D eigenvalue weighted by atomic mass is 19.1. The van der Waals surface area contributed by atoms with Gasteiger partial charge in [-0.3, -0.25) is 0 Å². The number of fused-ring (bicyclic) bond motifs is 1. The van der Waals surface area contributed by atoms with Gasteiger partial charge < -0.3 is 9.84 Å². The number of hydrogen-bond acceptors (Lipinski definition) is 2. The molecule has 1 aliphatic rings. The fraction of sp³-hybridized carbons (Fsp3) is 0.182. The van der Waals surface area contributed by atoms with Crippen LogP contribution in [0.1, 0.15) is 5.56 Å². The maximum absolute atomic E-state index is 12.6. The van der Waals surface area contributed by atoms with Crippen molar-refractivity contribution in [1.29, 1.82) is 0 Å². The highest BCUT2D eigenvalue weighted by Crippen LogP contribution is 2.29. The minimum absolute atomic E-state index is 0.0452. The average Bonchev–Trinajstić information content (AvgIpc) is 2.27. The number of carboxylic acids is 1. The summed E-state index contributed by atoms with van der Waals surface area (Å²) in [5, 5.41) is 8.85. The van der Waals surface area contributed by atoms with Crippen molar-refractivity contribution in [2.75, 3.05) is 6.67 Å². The topological polar surface area (TPSA) is 46.5 Å². The second kappa shape index (κ2) is 3.73. The minimum Gasteiger partial charge on any atom is -0.482 e. The molecule has 0 aromatic heterocycles. The molecule has 4 heteroatoms. The van der Waals surface area contributed by atoms with Crippen LogP contribution in [-0.2, 0) is 4.79 Å². The van der Waals surface area contributed by atoms with Crippen LogP contribution in [0.15, 0.2) is 29.8 Å². The zero-order valence-electron chi connectivity index (χ0n) is 7.81. The smallest absolute Gasteiger partial charge is 0.335 e. The number of benzene rings is 1. The lowest BCUT2D eigenvalue weighted by molar-refractivity contribution is -0.133.